The Labute approximate surface area is 151 Å². The molecule has 138 valence electrons. The Morgan fingerprint density at radius 3 is 2.28 bits per heavy atom. The Bertz CT molecular complexity index is 563. The zero-order chi connectivity index (χ0) is 18.2. The van der Waals surface area contributed by atoms with Crippen molar-refractivity contribution in [3.8, 4) is 0 Å². The van der Waals surface area contributed by atoms with Crippen molar-refractivity contribution in [1.29, 1.82) is 0 Å². The van der Waals surface area contributed by atoms with Crippen molar-refractivity contribution in [2.75, 3.05) is 13.6 Å². The van der Waals surface area contributed by atoms with Crippen LogP contribution in [0.5, 0.6) is 0 Å². The first kappa shape index (κ1) is 19.4. The molecular formula is C20H31N3O2. The zero-order valence-electron chi connectivity index (χ0n) is 15.6. The van der Waals surface area contributed by atoms with Gasteiger partial charge in [0.15, 0.2) is 0 Å². The third-order valence-electron chi connectivity index (χ3n) is 5.00. The SMILES string of the molecule is CNC(=O)NC(=O)CN[C@@H](c1ccc(C2CCCCC2)cc1)C(C)C. The van der Waals surface area contributed by atoms with Gasteiger partial charge in [0.05, 0.1) is 6.54 Å². The van der Waals surface area contributed by atoms with Crippen molar-refractivity contribution in [2.24, 2.45) is 5.92 Å². The highest BCUT2D eigenvalue weighted by Gasteiger charge is 2.19. The van der Waals surface area contributed by atoms with Crippen molar-refractivity contribution in [3.05, 3.63) is 35.4 Å². The Hall–Kier alpha value is -1.88. The summed E-state index contributed by atoms with van der Waals surface area (Å²) in [6.07, 6.45) is 6.63. The van der Waals surface area contributed by atoms with Crippen LogP contribution in [0.4, 0.5) is 4.79 Å². The van der Waals surface area contributed by atoms with E-state index in [0.29, 0.717) is 11.8 Å². The zero-order valence-corrected chi connectivity index (χ0v) is 15.6. The molecule has 1 atom stereocenters. The first-order valence-corrected chi connectivity index (χ1v) is 9.36. The van der Waals surface area contributed by atoms with E-state index in [-0.39, 0.29) is 18.5 Å². The molecule has 5 nitrogen and oxygen atoms in total. The molecule has 0 aromatic heterocycles. The second-order valence-electron chi connectivity index (χ2n) is 7.23. The van der Waals surface area contributed by atoms with Gasteiger partial charge in [-0.1, -0.05) is 57.4 Å². The Balaban J connectivity index is 1.97. The van der Waals surface area contributed by atoms with Crippen molar-refractivity contribution in [2.45, 2.75) is 57.9 Å². The predicted molar refractivity (Wildman–Crippen MR) is 100 cm³/mol. The van der Waals surface area contributed by atoms with Gasteiger partial charge >= 0.3 is 6.03 Å². The number of carbonyl (C=O) groups excluding carboxylic acids is 2. The van der Waals surface area contributed by atoms with E-state index in [0.717, 1.165) is 0 Å². The van der Waals surface area contributed by atoms with Gasteiger partial charge in [0.1, 0.15) is 0 Å². The molecule has 0 bridgehead atoms. The summed E-state index contributed by atoms with van der Waals surface area (Å²) in [7, 11) is 1.49. The molecule has 3 amide bonds. The van der Waals surface area contributed by atoms with Crippen LogP contribution in [0.3, 0.4) is 0 Å². The lowest BCUT2D eigenvalue weighted by Gasteiger charge is -2.25. The van der Waals surface area contributed by atoms with Gasteiger partial charge in [0, 0.05) is 13.1 Å². The fraction of sp³-hybridized carbons (Fsp3) is 0.600. The fourth-order valence-electron chi connectivity index (χ4n) is 3.59. The van der Waals surface area contributed by atoms with Crippen molar-refractivity contribution in [3.63, 3.8) is 0 Å². The molecule has 2 rings (SSSR count). The van der Waals surface area contributed by atoms with Crippen molar-refractivity contribution < 1.29 is 9.59 Å². The van der Waals surface area contributed by atoms with Crippen LogP contribution in [-0.2, 0) is 4.79 Å². The molecule has 1 aliphatic rings. The maximum atomic E-state index is 11.8. The minimum atomic E-state index is -0.482. The van der Waals surface area contributed by atoms with Crippen molar-refractivity contribution in [1.82, 2.24) is 16.0 Å². The van der Waals surface area contributed by atoms with Crippen LogP contribution >= 0.6 is 0 Å². The summed E-state index contributed by atoms with van der Waals surface area (Å²) < 4.78 is 0. The average molecular weight is 345 g/mol. The van der Waals surface area contributed by atoms with E-state index >= 15 is 0 Å². The van der Waals surface area contributed by atoms with Gasteiger partial charge in [0.2, 0.25) is 5.91 Å². The van der Waals surface area contributed by atoms with Gasteiger partial charge < -0.3 is 10.6 Å². The maximum Gasteiger partial charge on any atom is 0.321 e. The number of nitrogens with one attached hydrogen (secondary N) is 3. The van der Waals surface area contributed by atoms with Crippen LogP contribution in [0.25, 0.3) is 0 Å². The quantitative estimate of drug-likeness (QED) is 0.739. The second kappa shape index (κ2) is 9.56. The highest BCUT2D eigenvalue weighted by molar-refractivity contribution is 5.95. The van der Waals surface area contributed by atoms with Gasteiger partial charge in [-0.3, -0.25) is 10.1 Å². The molecule has 5 heteroatoms. The van der Waals surface area contributed by atoms with Gasteiger partial charge in [-0.15, -0.1) is 0 Å². The minimum absolute atomic E-state index is 0.0795. The number of benzene rings is 1. The van der Waals surface area contributed by atoms with E-state index < -0.39 is 6.03 Å². The van der Waals surface area contributed by atoms with Gasteiger partial charge in [-0.05, 0) is 35.8 Å². The normalized spacial score (nSPS) is 16.5. The van der Waals surface area contributed by atoms with Gasteiger partial charge in [-0.2, -0.15) is 0 Å². The number of amides is 3. The molecule has 0 radical (unpaired) electrons. The predicted octanol–water partition coefficient (Wildman–Crippen LogP) is 3.48. The van der Waals surface area contributed by atoms with Crippen LogP contribution < -0.4 is 16.0 Å². The van der Waals surface area contributed by atoms with Gasteiger partial charge in [0.25, 0.3) is 0 Å². The average Bonchev–Trinajstić information content (AvgIpc) is 2.62. The summed E-state index contributed by atoms with van der Waals surface area (Å²) in [6.45, 7) is 4.37. The van der Waals surface area contributed by atoms with E-state index in [9.17, 15) is 9.59 Å². The third kappa shape index (κ3) is 5.85. The van der Waals surface area contributed by atoms with E-state index in [1.165, 1.54) is 50.3 Å². The van der Waals surface area contributed by atoms with Crippen LogP contribution in [0.2, 0.25) is 0 Å². The summed E-state index contributed by atoms with van der Waals surface area (Å²) >= 11 is 0. The number of imide groups is 1. The third-order valence-corrected chi connectivity index (χ3v) is 5.00. The molecule has 1 fully saturated rings. The van der Waals surface area contributed by atoms with E-state index in [4.69, 9.17) is 0 Å². The summed E-state index contributed by atoms with van der Waals surface area (Å²) in [6, 6.07) is 8.44. The smallest absolute Gasteiger partial charge is 0.321 e. The number of hydrogen-bond acceptors (Lipinski definition) is 3. The van der Waals surface area contributed by atoms with Gasteiger partial charge in [-0.25, -0.2) is 4.79 Å². The first-order valence-electron chi connectivity index (χ1n) is 9.36. The number of carbonyl (C=O) groups is 2. The largest absolute Gasteiger partial charge is 0.341 e. The lowest BCUT2D eigenvalue weighted by Crippen LogP contribution is -2.43. The fourth-order valence-corrected chi connectivity index (χ4v) is 3.59. The molecule has 0 heterocycles. The van der Waals surface area contributed by atoms with Crippen LogP contribution in [0.1, 0.15) is 69.0 Å². The molecule has 0 spiro atoms. The Kier molecular flexibility index (Phi) is 7.44. The molecule has 0 unspecified atom stereocenters. The van der Waals surface area contributed by atoms with Crippen LogP contribution in [0, 0.1) is 5.92 Å². The standard InChI is InChI=1S/C20H31N3O2/c1-14(2)19(22-13-18(24)23-20(25)21-3)17-11-9-16(10-12-17)15-7-5-4-6-8-15/h9-12,14-15,19,22H,4-8,13H2,1-3H3,(H2,21,23,24,25)/t19-/m1/s1. The number of urea groups is 1. The number of hydrogen-bond donors (Lipinski definition) is 3. The summed E-state index contributed by atoms with van der Waals surface area (Å²) in [5.41, 5.74) is 2.62. The summed E-state index contributed by atoms with van der Waals surface area (Å²) in [5.74, 6) is 0.712. The maximum absolute atomic E-state index is 11.8. The molecule has 0 aliphatic heterocycles. The number of rotatable bonds is 6. The molecule has 0 saturated heterocycles. The lowest BCUT2D eigenvalue weighted by molar-refractivity contribution is -0.119. The second-order valence-corrected chi connectivity index (χ2v) is 7.23. The highest BCUT2D eigenvalue weighted by atomic mass is 16.2. The minimum Gasteiger partial charge on any atom is -0.341 e. The van der Waals surface area contributed by atoms with Crippen LogP contribution in [-0.4, -0.2) is 25.5 Å². The molecular weight excluding hydrogens is 314 g/mol. The topological polar surface area (TPSA) is 70.2 Å². The lowest BCUT2D eigenvalue weighted by atomic mass is 9.83. The molecule has 1 aliphatic carbocycles. The van der Waals surface area contributed by atoms with E-state index in [2.05, 4.69) is 54.1 Å². The summed E-state index contributed by atoms with van der Waals surface area (Å²) in [4.78, 5) is 23.0. The molecule has 3 N–H and O–H groups in total. The molecule has 25 heavy (non-hydrogen) atoms. The van der Waals surface area contributed by atoms with Crippen LogP contribution in [0.15, 0.2) is 24.3 Å². The van der Waals surface area contributed by atoms with E-state index in [1.54, 1.807) is 0 Å². The molecule has 1 saturated carbocycles. The summed E-state index contributed by atoms with van der Waals surface area (Å²) in [5, 5.41) is 7.92. The Morgan fingerprint density at radius 1 is 1.08 bits per heavy atom. The van der Waals surface area contributed by atoms with E-state index in [1.807, 2.05) is 0 Å². The Morgan fingerprint density at radius 2 is 1.72 bits per heavy atom. The van der Waals surface area contributed by atoms with Crippen molar-refractivity contribution >= 4 is 11.9 Å². The first-order chi connectivity index (χ1) is 12.0. The molecule has 1 aromatic rings. The highest BCUT2D eigenvalue weighted by Crippen LogP contribution is 2.33. The molecule has 1 aromatic carbocycles. The monoisotopic (exact) mass is 345 g/mol.